The molecule has 2 amide bonds. The maximum Gasteiger partial charge on any atom is 0.249 e. The summed E-state index contributed by atoms with van der Waals surface area (Å²) in [5, 5.41) is 9.92. The van der Waals surface area contributed by atoms with Crippen molar-refractivity contribution in [3.05, 3.63) is 48.3 Å². The van der Waals surface area contributed by atoms with Gasteiger partial charge in [0.15, 0.2) is 0 Å². The second kappa shape index (κ2) is 8.13. The summed E-state index contributed by atoms with van der Waals surface area (Å²) >= 11 is 0. The molecule has 2 aromatic rings. The number of aryl methyl sites for hydroxylation is 1. The van der Waals surface area contributed by atoms with Gasteiger partial charge in [-0.1, -0.05) is 18.2 Å². The number of para-hydroxylation sites is 1. The first-order valence-electron chi connectivity index (χ1n) is 7.92. The number of rotatable bonds is 5. The molecule has 7 nitrogen and oxygen atoms in total. The van der Waals surface area contributed by atoms with Crippen molar-refractivity contribution >= 4 is 29.9 Å². The van der Waals surface area contributed by atoms with Crippen LogP contribution in [0.3, 0.4) is 0 Å². The number of anilines is 1. The number of hydrogen-bond donors (Lipinski definition) is 2. The van der Waals surface area contributed by atoms with Gasteiger partial charge in [-0.2, -0.15) is 5.10 Å². The zero-order valence-electron chi connectivity index (χ0n) is 14.2. The van der Waals surface area contributed by atoms with Crippen LogP contribution in [-0.2, 0) is 16.6 Å². The Morgan fingerprint density at radius 1 is 1.32 bits per heavy atom. The van der Waals surface area contributed by atoms with Crippen LogP contribution in [0.1, 0.15) is 18.0 Å². The van der Waals surface area contributed by atoms with E-state index in [1.54, 1.807) is 36.1 Å². The molecule has 134 valence electrons. The third-order valence-electron chi connectivity index (χ3n) is 4.20. The molecule has 3 rings (SSSR count). The van der Waals surface area contributed by atoms with E-state index >= 15 is 0 Å². The number of halogens is 1. The van der Waals surface area contributed by atoms with Crippen molar-refractivity contribution in [1.82, 2.24) is 20.4 Å². The number of aromatic nitrogens is 2. The van der Waals surface area contributed by atoms with Crippen molar-refractivity contribution < 1.29 is 9.59 Å². The number of benzene rings is 1. The second-order valence-corrected chi connectivity index (χ2v) is 5.84. The molecule has 1 aromatic carbocycles. The van der Waals surface area contributed by atoms with Gasteiger partial charge in [0, 0.05) is 31.0 Å². The fourth-order valence-corrected chi connectivity index (χ4v) is 2.97. The topological polar surface area (TPSA) is 79.3 Å². The Hall–Kier alpha value is -2.38. The molecule has 0 spiro atoms. The summed E-state index contributed by atoms with van der Waals surface area (Å²) < 4.78 is 1.64. The lowest BCUT2D eigenvalue weighted by atomic mass is 10.1. The number of amides is 2. The minimum atomic E-state index is -0.530. The van der Waals surface area contributed by atoms with Crippen LogP contribution in [0.15, 0.2) is 42.7 Å². The van der Waals surface area contributed by atoms with Crippen molar-refractivity contribution in [2.75, 3.05) is 18.5 Å². The van der Waals surface area contributed by atoms with Gasteiger partial charge in [0.25, 0.3) is 0 Å². The number of likely N-dealkylation sites (N-methyl/N-ethyl adjacent to an activating group) is 1. The molecule has 2 heterocycles. The van der Waals surface area contributed by atoms with Gasteiger partial charge < -0.3 is 15.5 Å². The highest BCUT2D eigenvalue weighted by atomic mass is 35.5. The monoisotopic (exact) mass is 363 g/mol. The summed E-state index contributed by atoms with van der Waals surface area (Å²) in [6.07, 6.45) is 4.03. The van der Waals surface area contributed by atoms with Gasteiger partial charge >= 0.3 is 0 Å². The molecule has 1 aromatic heterocycles. The maximum atomic E-state index is 12.6. The normalized spacial score (nSPS) is 17.9. The summed E-state index contributed by atoms with van der Waals surface area (Å²) in [7, 11) is 3.51. The average Bonchev–Trinajstić information content (AvgIpc) is 3.16. The molecule has 1 aliphatic rings. The molecule has 0 saturated carbocycles. The highest BCUT2D eigenvalue weighted by molar-refractivity contribution is 6.01. The van der Waals surface area contributed by atoms with Crippen LogP contribution < -0.4 is 15.5 Å². The molecule has 1 aliphatic heterocycles. The van der Waals surface area contributed by atoms with Gasteiger partial charge in [-0.15, -0.1) is 12.4 Å². The Labute approximate surface area is 152 Å². The van der Waals surface area contributed by atoms with Crippen LogP contribution in [0.2, 0.25) is 0 Å². The molecule has 2 atom stereocenters. The van der Waals surface area contributed by atoms with Crippen LogP contribution in [0.4, 0.5) is 5.69 Å². The Bertz CT molecular complexity index is 734. The van der Waals surface area contributed by atoms with E-state index in [1.807, 2.05) is 30.3 Å². The fraction of sp³-hybridized carbons (Fsp3) is 0.353. The predicted octanol–water partition coefficient (Wildman–Crippen LogP) is 1.02. The van der Waals surface area contributed by atoms with E-state index in [4.69, 9.17) is 0 Å². The molecule has 1 saturated heterocycles. The molecule has 2 unspecified atom stereocenters. The Morgan fingerprint density at radius 2 is 2.04 bits per heavy atom. The number of carbonyl (C=O) groups is 2. The lowest BCUT2D eigenvalue weighted by molar-refractivity contribution is -0.127. The molecule has 0 bridgehead atoms. The summed E-state index contributed by atoms with van der Waals surface area (Å²) in [5.41, 5.74) is 1.62. The molecule has 1 fully saturated rings. The summed E-state index contributed by atoms with van der Waals surface area (Å²) in [6.45, 7) is 0.602. The molecule has 0 radical (unpaired) electrons. The zero-order chi connectivity index (χ0) is 17.1. The van der Waals surface area contributed by atoms with E-state index in [9.17, 15) is 9.59 Å². The van der Waals surface area contributed by atoms with E-state index < -0.39 is 12.1 Å². The summed E-state index contributed by atoms with van der Waals surface area (Å²) in [5.74, 6) is -0.297. The lowest BCUT2D eigenvalue weighted by Crippen LogP contribution is -2.45. The number of nitrogens with one attached hydrogen (secondary N) is 2. The quantitative estimate of drug-likeness (QED) is 0.831. The molecule has 8 heteroatoms. The van der Waals surface area contributed by atoms with E-state index in [0.29, 0.717) is 13.0 Å². The van der Waals surface area contributed by atoms with Crippen molar-refractivity contribution in [2.45, 2.75) is 18.5 Å². The Balaban J connectivity index is 0.00000225. The van der Waals surface area contributed by atoms with Gasteiger partial charge in [0.1, 0.15) is 12.1 Å². The fourth-order valence-electron chi connectivity index (χ4n) is 2.97. The predicted molar refractivity (Wildman–Crippen MR) is 97.6 cm³/mol. The van der Waals surface area contributed by atoms with Crippen LogP contribution in [0.25, 0.3) is 0 Å². The van der Waals surface area contributed by atoms with Crippen LogP contribution in [0, 0.1) is 0 Å². The highest BCUT2D eigenvalue weighted by Gasteiger charge is 2.35. The van der Waals surface area contributed by atoms with Gasteiger partial charge in [-0.25, -0.2) is 0 Å². The molecular formula is C17H22ClN5O2. The van der Waals surface area contributed by atoms with Gasteiger partial charge in [0.05, 0.1) is 6.20 Å². The van der Waals surface area contributed by atoms with Crippen molar-refractivity contribution in [3.8, 4) is 0 Å². The standard InChI is InChI=1S/C17H21N5O2.ClH/c1-18-15(12-10-19-21(2)11-12)16(23)20-14-8-9-22(17(14)24)13-6-4-3-5-7-13;/h3-7,10-11,14-15,18H,8-9H2,1-2H3,(H,20,23);1H. The zero-order valence-corrected chi connectivity index (χ0v) is 15.0. The minimum Gasteiger partial charge on any atom is -0.343 e. The third-order valence-corrected chi connectivity index (χ3v) is 4.20. The number of nitrogens with zero attached hydrogens (tertiary/aromatic N) is 3. The third kappa shape index (κ3) is 4.00. The Kier molecular flexibility index (Phi) is 6.17. The summed E-state index contributed by atoms with van der Waals surface area (Å²) in [4.78, 5) is 26.8. The smallest absolute Gasteiger partial charge is 0.249 e. The van der Waals surface area contributed by atoms with Gasteiger partial charge in [-0.3, -0.25) is 14.3 Å². The van der Waals surface area contributed by atoms with E-state index in [2.05, 4.69) is 15.7 Å². The molecule has 25 heavy (non-hydrogen) atoms. The largest absolute Gasteiger partial charge is 0.343 e. The molecular weight excluding hydrogens is 342 g/mol. The minimum absolute atomic E-state index is 0. The van der Waals surface area contributed by atoms with E-state index in [-0.39, 0.29) is 24.2 Å². The first kappa shape index (κ1) is 19.0. The maximum absolute atomic E-state index is 12.6. The number of carbonyl (C=O) groups excluding carboxylic acids is 2. The van der Waals surface area contributed by atoms with Crippen LogP contribution in [-0.4, -0.2) is 41.2 Å². The van der Waals surface area contributed by atoms with Crippen molar-refractivity contribution in [2.24, 2.45) is 7.05 Å². The van der Waals surface area contributed by atoms with Crippen LogP contribution >= 0.6 is 12.4 Å². The van der Waals surface area contributed by atoms with Crippen molar-refractivity contribution in [1.29, 1.82) is 0 Å². The first-order valence-corrected chi connectivity index (χ1v) is 7.92. The summed E-state index contributed by atoms with van der Waals surface area (Å²) in [6, 6.07) is 8.47. The van der Waals surface area contributed by atoms with Gasteiger partial charge in [-0.05, 0) is 25.6 Å². The lowest BCUT2D eigenvalue weighted by Gasteiger charge is -2.19. The highest BCUT2D eigenvalue weighted by Crippen LogP contribution is 2.21. The van der Waals surface area contributed by atoms with Crippen molar-refractivity contribution in [3.63, 3.8) is 0 Å². The molecule has 0 aliphatic carbocycles. The van der Waals surface area contributed by atoms with Gasteiger partial charge in [0.2, 0.25) is 11.8 Å². The average molecular weight is 364 g/mol. The van der Waals surface area contributed by atoms with Crippen LogP contribution in [0.5, 0.6) is 0 Å². The first-order chi connectivity index (χ1) is 11.6. The second-order valence-electron chi connectivity index (χ2n) is 5.84. The SMILES string of the molecule is CNC(C(=O)NC1CCN(c2ccccc2)C1=O)c1cnn(C)c1.Cl. The number of hydrogen-bond acceptors (Lipinski definition) is 4. The van der Waals surface area contributed by atoms with E-state index in [1.165, 1.54) is 0 Å². The van der Waals surface area contributed by atoms with E-state index in [0.717, 1.165) is 11.3 Å². The molecule has 2 N–H and O–H groups in total. The Morgan fingerprint density at radius 3 is 2.64 bits per heavy atom.